The summed E-state index contributed by atoms with van der Waals surface area (Å²) in [7, 11) is 0. The molecule has 11 heteroatoms. The van der Waals surface area contributed by atoms with Gasteiger partial charge in [-0.05, 0) is 37.3 Å². The minimum absolute atomic E-state index is 0.0453. The van der Waals surface area contributed by atoms with Crippen LogP contribution in [-0.4, -0.2) is 40.7 Å². The number of halogens is 4. The summed E-state index contributed by atoms with van der Waals surface area (Å²) < 4.78 is 41.8. The maximum atomic E-state index is 13.5. The number of benzene rings is 1. The van der Waals surface area contributed by atoms with Gasteiger partial charge in [-0.25, -0.2) is 18.0 Å². The Balaban J connectivity index is 1.46. The van der Waals surface area contributed by atoms with Crippen molar-refractivity contribution in [3.05, 3.63) is 67.2 Å². The van der Waals surface area contributed by atoms with E-state index in [-0.39, 0.29) is 16.4 Å². The van der Waals surface area contributed by atoms with Crippen molar-refractivity contribution in [1.82, 2.24) is 14.5 Å². The summed E-state index contributed by atoms with van der Waals surface area (Å²) in [4.78, 5) is 25.8. The van der Waals surface area contributed by atoms with E-state index in [2.05, 4.69) is 14.9 Å². The van der Waals surface area contributed by atoms with Gasteiger partial charge in [-0.15, -0.1) is 11.3 Å². The van der Waals surface area contributed by atoms with Crippen LogP contribution in [0.1, 0.15) is 22.5 Å². The number of nitrogens with zero attached hydrogens (tertiary/aromatic N) is 5. The molecule has 6 nitrogen and oxygen atoms in total. The first-order valence-electron chi connectivity index (χ1n) is 9.99. The van der Waals surface area contributed by atoms with Gasteiger partial charge in [-0.2, -0.15) is 9.97 Å². The Labute approximate surface area is 191 Å². The molecule has 0 bridgehead atoms. The highest BCUT2D eigenvalue weighted by Crippen LogP contribution is 2.33. The minimum atomic E-state index is -2.91. The fourth-order valence-electron chi connectivity index (χ4n) is 3.54. The second kappa shape index (κ2) is 8.74. The van der Waals surface area contributed by atoms with Gasteiger partial charge in [0.2, 0.25) is 5.95 Å². The van der Waals surface area contributed by atoms with Crippen LogP contribution in [0.25, 0.3) is 0 Å². The number of hydrogen-bond donors (Lipinski definition) is 0. The third-order valence-electron chi connectivity index (χ3n) is 5.32. The topological polar surface area (TPSA) is 54.3 Å². The van der Waals surface area contributed by atoms with Gasteiger partial charge in [0, 0.05) is 43.7 Å². The molecule has 32 heavy (non-hydrogen) atoms. The standard InChI is InChI=1S/C21H21ClF3N5OS/c1-13-26-19(27-20(31)30(13)12-15-4-6-18(32-15)21(2,24)25)29-9-7-28(8-10-29)14-3-5-17(23)16(22)11-14/h3-6,11H,7-10,12H2,1-2H3. The van der Waals surface area contributed by atoms with Crippen molar-refractivity contribution in [2.24, 2.45) is 0 Å². The molecule has 3 heterocycles. The van der Waals surface area contributed by atoms with E-state index in [1.54, 1.807) is 25.1 Å². The molecule has 0 saturated carbocycles. The number of hydrogen-bond acceptors (Lipinski definition) is 6. The maximum absolute atomic E-state index is 13.5. The van der Waals surface area contributed by atoms with Crippen molar-refractivity contribution < 1.29 is 13.2 Å². The highest BCUT2D eigenvalue weighted by atomic mass is 35.5. The van der Waals surface area contributed by atoms with Crippen molar-refractivity contribution >= 4 is 34.6 Å². The second-order valence-electron chi connectivity index (χ2n) is 7.67. The van der Waals surface area contributed by atoms with Gasteiger partial charge in [0.15, 0.2) is 0 Å². The van der Waals surface area contributed by atoms with E-state index in [0.717, 1.165) is 23.9 Å². The lowest BCUT2D eigenvalue weighted by Gasteiger charge is -2.36. The molecular weight excluding hydrogens is 463 g/mol. The fraction of sp³-hybridized carbons (Fsp3) is 0.381. The van der Waals surface area contributed by atoms with Crippen molar-refractivity contribution in [1.29, 1.82) is 0 Å². The van der Waals surface area contributed by atoms with Crippen LogP contribution in [-0.2, 0) is 12.5 Å². The molecule has 170 valence electrons. The first-order chi connectivity index (χ1) is 15.1. The summed E-state index contributed by atoms with van der Waals surface area (Å²) in [5.41, 5.74) is 0.356. The van der Waals surface area contributed by atoms with Gasteiger partial charge in [0.05, 0.1) is 16.4 Å². The van der Waals surface area contributed by atoms with Crippen molar-refractivity contribution in [3.8, 4) is 0 Å². The highest BCUT2D eigenvalue weighted by Gasteiger charge is 2.26. The molecule has 0 atom stereocenters. The third-order valence-corrected chi connectivity index (χ3v) is 6.85. The van der Waals surface area contributed by atoms with Gasteiger partial charge < -0.3 is 9.80 Å². The van der Waals surface area contributed by atoms with Gasteiger partial charge in [-0.3, -0.25) is 4.57 Å². The lowest BCUT2D eigenvalue weighted by molar-refractivity contribution is 0.0215. The van der Waals surface area contributed by atoms with Crippen LogP contribution < -0.4 is 15.5 Å². The molecule has 0 spiro atoms. The molecule has 4 rings (SSSR count). The van der Waals surface area contributed by atoms with Gasteiger partial charge in [0.1, 0.15) is 11.6 Å². The normalized spacial score (nSPS) is 14.8. The van der Waals surface area contributed by atoms with E-state index < -0.39 is 17.4 Å². The zero-order chi connectivity index (χ0) is 23.0. The number of rotatable bonds is 5. The number of aryl methyl sites for hydroxylation is 1. The molecule has 1 saturated heterocycles. The molecule has 2 aromatic heterocycles. The van der Waals surface area contributed by atoms with Crippen LogP contribution in [0, 0.1) is 12.7 Å². The lowest BCUT2D eigenvalue weighted by atomic mass is 10.2. The number of aromatic nitrogens is 3. The molecular formula is C21H21ClF3N5OS. The first kappa shape index (κ1) is 22.6. The zero-order valence-electron chi connectivity index (χ0n) is 17.5. The number of anilines is 2. The Hall–Kier alpha value is -2.59. The van der Waals surface area contributed by atoms with Crippen LogP contribution in [0.4, 0.5) is 24.8 Å². The molecule has 0 radical (unpaired) electrons. The van der Waals surface area contributed by atoms with Crippen LogP contribution in [0.15, 0.2) is 35.1 Å². The second-order valence-corrected chi connectivity index (χ2v) is 9.24. The molecule has 1 aliphatic heterocycles. The smallest absolute Gasteiger partial charge is 0.352 e. The van der Waals surface area contributed by atoms with E-state index in [1.807, 2.05) is 4.90 Å². The average Bonchev–Trinajstić information content (AvgIpc) is 3.22. The molecule has 0 amide bonds. The molecule has 1 aliphatic rings. The average molecular weight is 484 g/mol. The lowest BCUT2D eigenvalue weighted by Crippen LogP contribution is -2.48. The predicted molar refractivity (Wildman–Crippen MR) is 120 cm³/mol. The van der Waals surface area contributed by atoms with Crippen LogP contribution in [0.5, 0.6) is 0 Å². The van der Waals surface area contributed by atoms with E-state index in [4.69, 9.17) is 11.6 Å². The SMILES string of the molecule is Cc1nc(N2CCN(c3ccc(F)c(Cl)c3)CC2)nc(=O)n1Cc1ccc(C(C)(F)F)s1. The number of alkyl halides is 2. The summed E-state index contributed by atoms with van der Waals surface area (Å²) in [6.45, 7) is 5.13. The molecule has 0 N–H and O–H groups in total. The summed E-state index contributed by atoms with van der Waals surface area (Å²) in [5, 5.41) is 0.0769. The molecule has 1 fully saturated rings. The van der Waals surface area contributed by atoms with E-state index in [9.17, 15) is 18.0 Å². The third kappa shape index (κ3) is 4.75. The van der Waals surface area contributed by atoms with Crippen LogP contribution in [0.2, 0.25) is 5.02 Å². The van der Waals surface area contributed by atoms with E-state index in [0.29, 0.717) is 42.8 Å². The monoisotopic (exact) mass is 483 g/mol. The Kier molecular flexibility index (Phi) is 6.17. The van der Waals surface area contributed by atoms with Crippen LogP contribution in [0.3, 0.4) is 0 Å². The van der Waals surface area contributed by atoms with E-state index in [1.165, 1.54) is 16.7 Å². The highest BCUT2D eigenvalue weighted by molar-refractivity contribution is 7.12. The zero-order valence-corrected chi connectivity index (χ0v) is 19.1. The molecule has 0 aliphatic carbocycles. The largest absolute Gasteiger partial charge is 0.368 e. The Bertz CT molecular complexity index is 1180. The summed E-state index contributed by atoms with van der Waals surface area (Å²) in [6.07, 6.45) is 0. The van der Waals surface area contributed by atoms with Gasteiger partial charge in [-0.1, -0.05) is 11.6 Å². The predicted octanol–water partition coefficient (Wildman–Crippen LogP) is 4.29. The Morgan fingerprint density at radius 3 is 2.38 bits per heavy atom. The minimum Gasteiger partial charge on any atom is -0.368 e. The molecule has 3 aromatic rings. The number of thiophene rings is 1. The van der Waals surface area contributed by atoms with Gasteiger partial charge >= 0.3 is 5.69 Å². The van der Waals surface area contributed by atoms with Crippen molar-refractivity contribution in [2.45, 2.75) is 26.3 Å². The maximum Gasteiger partial charge on any atom is 0.352 e. The van der Waals surface area contributed by atoms with Gasteiger partial charge in [0.25, 0.3) is 5.92 Å². The van der Waals surface area contributed by atoms with Crippen LogP contribution >= 0.6 is 22.9 Å². The molecule has 1 aromatic carbocycles. The van der Waals surface area contributed by atoms with Crippen molar-refractivity contribution in [2.75, 3.05) is 36.0 Å². The summed E-state index contributed by atoms with van der Waals surface area (Å²) in [6, 6.07) is 7.59. The Morgan fingerprint density at radius 2 is 1.78 bits per heavy atom. The fourth-order valence-corrected chi connectivity index (χ4v) is 4.64. The number of piperazine rings is 1. The first-order valence-corrected chi connectivity index (χ1v) is 11.2. The van der Waals surface area contributed by atoms with E-state index >= 15 is 0 Å². The van der Waals surface area contributed by atoms with Crippen molar-refractivity contribution in [3.63, 3.8) is 0 Å². The summed E-state index contributed by atoms with van der Waals surface area (Å²) in [5.74, 6) is -2.57. The summed E-state index contributed by atoms with van der Waals surface area (Å²) >= 11 is 6.85. The quantitative estimate of drug-likeness (QED) is 0.542. The molecule has 0 unspecified atom stereocenters. The Morgan fingerprint density at radius 1 is 1.09 bits per heavy atom.